The third kappa shape index (κ3) is 2.54. The lowest BCUT2D eigenvalue weighted by Crippen LogP contribution is -2.67. The van der Waals surface area contributed by atoms with Gasteiger partial charge in [0.05, 0.1) is 18.3 Å². The number of nitrogens with zero attached hydrogens (tertiary/aromatic N) is 1. The minimum absolute atomic E-state index is 0.00504. The number of aromatic nitrogens is 1. The summed E-state index contributed by atoms with van der Waals surface area (Å²) >= 11 is 3.35. The summed E-state index contributed by atoms with van der Waals surface area (Å²) in [4.78, 5) is 16.5. The second-order valence-electron chi connectivity index (χ2n) is 5.57. The van der Waals surface area contributed by atoms with Crippen LogP contribution in [0.2, 0.25) is 0 Å². The van der Waals surface area contributed by atoms with Crippen LogP contribution < -0.4 is 10.6 Å². The average molecular weight is 324 g/mol. The van der Waals surface area contributed by atoms with Crippen LogP contribution in [0.25, 0.3) is 0 Å². The quantitative estimate of drug-likeness (QED) is 0.894. The van der Waals surface area contributed by atoms with E-state index in [1.54, 1.807) is 6.20 Å². The number of halogens is 1. The van der Waals surface area contributed by atoms with E-state index in [2.05, 4.69) is 31.5 Å². The third-order valence-electron chi connectivity index (χ3n) is 4.36. The van der Waals surface area contributed by atoms with E-state index in [4.69, 9.17) is 0 Å². The molecule has 2 aliphatic rings. The Morgan fingerprint density at radius 3 is 2.84 bits per heavy atom. The fraction of sp³-hybridized carbons (Fsp3) is 0.571. The first kappa shape index (κ1) is 13.1. The number of hydrogen-bond acceptors (Lipinski definition) is 3. The molecule has 1 atom stereocenters. The number of carbonyl (C=O) groups excluding carboxylic acids is 1. The van der Waals surface area contributed by atoms with Gasteiger partial charge in [-0.25, -0.2) is 0 Å². The highest BCUT2D eigenvalue weighted by Crippen LogP contribution is 2.45. The topological polar surface area (TPSA) is 54.0 Å². The Labute approximate surface area is 121 Å². The Bertz CT molecular complexity index is 468. The predicted molar refractivity (Wildman–Crippen MR) is 76.5 cm³/mol. The van der Waals surface area contributed by atoms with Gasteiger partial charge in [-0.1, -0.05) is 12.8 Å². The number of rotatable bonds is 3. The first-order chi connectivity index (χ1) is 9.20. The lowest BCUT2D eigenvalue weighted by Gasteiger charge is -2.47. The number of amides is 1. The summed E-state index contributed by atoms with van der Waals surface area (Å²) in [5.74, 6) is 0.123. The normalized spacial score (nSPS) is 24.2. The molecule has 102 valence electrons. The molecule has 0 aromatic carbocycles. The molecule has 2 fully saturated rings. The van der Waals surface area contributed by atoms with Crippen molar-refractivity contribution in [2.45, 2.75) is 38.3 Å². The maximum absolute atomic E-state index is 12.2. The average Bonchev–Trinajstić information content (AvgIpc) is 2.88. The highest BCUT2D eigenvalue weighted by Gasteiger charge is 2.51. The lowest BCUT2D eigenvalue weighted by molar-refractivity contribution is -0.130. The molecule has 0 radical (unpaired) electrons. The molecule has 1 aliphatic heterocycles. The van der Waals surface area contributed by atoms with Crippen LogP contribution >= 0.6 is 15.9 Å². The molecule has 1 amide bonds. The molecule has 2 N–H and O–H groups in total. The van der Waals surface area contributed by atoms with Crippen LogP contribution in [0.3, 0.4) is 0 Å². The minimum Gasteiger partial charge on any atom is -0.349 e. The molecule has 4 nitrogen and oxygen atoms in total. The zero-order valence-electron chi connectivity index (χ0n) is 10.8. The van der Waals surface area contributed by atoms with E-state index in [1.807, 2.05) is 12.1 Å². The van der Waals surface area contributed by atoms with Crippen molar-refractivity contribution in [3.8, 4) is 0 Å². The highest BCUT2D eigenvalue weighted by molar-refractivity contribution is 9.10. The summed E-state index contributed by atoms with van der Waals surface area (Å²) in [6.07, 6.45) is 6.66. The van der Waals surface area contributed by atoms with Crippen LogP contribution in [0, 0.1) is 5.41 Å². The van der Waals surface area contributed by atoms with Gasteiger partial charge in [0.2, 0.25) is 5.91 Å². The molecule has 1 saturated carbocycles. The first-order valence-corrected chi connectivity index (χ1v) is 7.60. The Kier molecular flexibility index (Phi) is 3.58. The van der Waals surface area contributed by atoms with Gasteiger partial charge in [0.1, 0.15) is 0 Å². The second kappa shape index (κ2) is 5.21. The van der Waals surface area contributed by atoms with Gasteiger partial charge in [-0.2, -0.15) is 0 Å². The predicted octanol–water partition coefficient (Wildman–Crippen LogP) is 1.99. The van der Waals surface area contributed by atoms with E-state index in [1.165, 1.54) is 25.7 Å². The van der Waals surface area contributed by atoms with Crippen LogP contribution in [0.4, 0.5) is 0 Å². The molecule has 3 rings (SSSR count). The molecule has 1 spiro atoms. The van der Waals surface area contributed by atoms with Crippen molar-refractivity contribution in [3.63, 3.8) is 0 Å². The van der Waals surface area contributed by atoms with E-state index in [0.717, 1.165) is 16.7 Å². The van der Waals surface area contributed by atoms with Gasteiger partial charge < -0.3 is 10.6 Å². The van der Waals surface area contributed by atoms with Crippen molar-refractivity contribution < 1.29 is 4.79 Å². The zero-order chi connectivity index (χ0) is 13.3. The summed E-state index contributed by atoms with van der Waals surface area (Å²) in [6.45, 7) is 1.50. The maximum atomic E-state index is 12.2. The molecule has 5 heteroatoms. The van der Waals surface area contributed by atoms with Gasteiger partial charge in [-0.05, 0) is 40.9 Å². The standard InChI is InChI=1S/C14H18BrN3O/c15-10-3-4-11(16-7-10)8-17-13(19)12-14(9-18-12)5-1-2-6-14/h3-4,7,12,18H,1-2,5-6,8-9H2,(H,17,19)/t12-/m1/s1. The Morgan fingerprint density at radius 2 is 2.26 bits per heavy atom. The molecular weight excluding hydrogens is 306 g/mol. The molecule has 2 heterocycles. The molecule has 1 saturated heterocycles. The third-order valence-corrected chi connectivity index (χ3v) is 4.83. The highest BCUT2D eigenvalue weighted by atomic mass is 79.9. The number of carbonyl (C=O) groups is 1. The number of pyridine rings is 1. The van der Waals surface area contributed by atoms with Gasteiger partial charge in [-0.3, -0.25) is 9.78 Å². The Balaban J connectivity index is 1.55. The fourth-order valence-corrected chi connectivity index (χ4v) is 3.43. The van der Waals surface area contributed by atoms with Crippen molar-refractivity contribution in [2.24, 2.45) is 5.41 Å². The van der Waals surface area contributed by atoms with E-state index in [9.17, 15) is 4.79 Å². The zero-order valence-corrected chi connectivity index (χ0v) is 12.4. The van der Waals surface area contributed by atoms with E-state index < -0.39 is 0 Å². The summed E-state index contributed by atoms with van der Waals surface area (Å²) in [7, 11) is 0. The van der Waals surface area contributed by atoms with E-state index in [-0.39, 0.29) is 17.4 Å². The van der Waals surface area contributed by atoms with Crippen molar-refractivity contribution in [1.29, 1.82) is 0 Å². The van der Waals surface area contributed by atoms with Crippen molar-refractivity contribution in [2.75, 3.05) is 6.54 Å². The molecule has 1 aliphatic carbocycles. The summed E-state index contributed by atoms with van der Waals surface area (Å²) < 4.78 is 0.952. The van der Waals surface area contributed by atoms with Crippen LogP contribution in [-0.2, 0) is 11.3 Å². The van der Waals surface area contributed by atoms with Crippen LogP contribution in [0.5, 0.6) is 0 Å². The monoisotopic (exact) mass is 323 g/mol. The molecule has 1 aromatic heterocycles. The van der Waals surface area contributed by atoms with E-state index >= 15 is 0 Å². The Morgan fingerprint density at radius 1 is 1.47 bits per heavy atom. The van der Waals surface area contributed by atoms with Crippen molar-refractivity contribution in [1.82, 2.24) is 15.6 Å². The van der Waals surface area contributed by atoms with Gasteiger partial charge in [0.25, 0.3) is 0 Å². The van der Waals surface area contributed by atoms with Gasteiger partial charge in [0, 0.05) is 22.6 Å². The molecular formula is C14H18BrN3O. The van der Waals surface area contributed by atoms with E-state index in [0.29, 0.717) is 6.54 Å². The molecule has 0 unspecified atom stereocenters. The first-order valence-electron chi connectivity index (χ1n) is 6.81. The smallest absolute Gasteiger partial charge is 0.238 e. The van der Waals surface area contributed by atoms with Crippen LogP contribution in [0.1, 0.15) is 31.4 Å². The second-order valence-corrected chi connectivity index (χ2v) is 6.48. The molecule has 19 heavy (non-hydrogen) atoms. The number of hydrogen-bond donors (Lipinski definition) is 2. The van der Waals surface area contributed by atoms with Crippen molar-refractivity contribution >= 4 is 21.8 Å². The minimum atomic E-state index is 0.00504. The van der Waals surface area contributed by atoms with Gasteiger partial charge >= 0.3 is 0 Å². The summed E-state index contributed by atoms with van der Waals surface area (Å²) in [5.41, 5.74) is 1.13. The maximum Gasteiger partial charge on any atom is 0.238 e. The fourth-order valence-electron chi connectivity index (χ4n) is 3.20. The summed E-state index contributed by atoms with van der Waals surface area (Å²) in [6, 6.07) is 3.86. The van der Waals surface area contributed by atoms with Crippen LogP contribution in [0.15, 0.2) is 22.8 Å². The van der Waals surface area contributed by atoms with Crippen LogP contribution in [-0.4, -0.2) is 23.5 Å². The Hall–Kier alpha value is -0.940. The largest absolute Gasteiger partial charge is 0.349 e. The molecule has 1 aromatic rings. The van der Waals surface area contributed by atoms with Gasteiger partial charge in [-0.15, -0.1) is 0 Å². The molecule has 0 bridgehead atoms. The SMILES string of the molecule is O=C(NCc1ccc(Br)cn1)[C@H]1NCC12CCCC2. The van der Waals surface area contributed by atoms with Crippen molar-refractivity contribution in [3.05, 3.63) is 28.5 Å². The number of nitrogens with one attached hydrogen (secondary N) is 2. The van der Waals surface area contributed by atoms with Gasteiger partial charge in [0.15, 0.2) is 0 Å². The summed E-state index contributed by atoms with van der Waals surface area (Å²) in [5, 5.41) is 6.28. The lowest BCUT2D eigenvalue weighted by atomic mass is 9.71.